The van der Waals surface area contributed by atoms with Crippen LogP contribution in [-0.4, -0.2) is 35.8 Å². The predicted octanol–water partition coefficient (Wildman–Crippen LogP) is 1.55. The van der Waals surface area contributed by atoms with Gasteiger partial charge < -0.3 is 10.2 Å². The van der Waals surface area contributed by atoms with Crippen LogP contribution in [0.1, 0.15) is 46.0 Å². The first kappa shape index (κ1) is 13.4. The lowest BCUT2D eigenvalue weighted by molar-refractivity contribution is -0.135. The van der Waals surface area contributed by atoms with Gasteiger partial charge in [-0.05, 0) is 18.3 Å². The number of hydrogen-bond acceptors (Lipinski definition) is 2. The van der Waals surface area contributed by atoms with Gasteiger partial charge in [0.05, 0.1) is 0 Å². The van der Waals surface area contributed by atoms with Crippen molar-refractivity contribution in [1.29, 1.82) is 0 Å². The van der Waals surface area contributed by atoms with Gasteiger partial charge in [0.1, 0.15) is 6.04 Å². The number of carbonyl (C=O) groups is 2. The Balaban J connectivity index is 1.99. The molecule has 102 valence electrons. The molecule has 0 bridgehead atoms. The first-order valence-corrected chi connectivity index (χ1v) is 7.20. The molecule has 1 saturated heterocycles. The van der Waals surface area contributed by atoms with Crippen molar-refractivity contribution in [1.82, 2.24) is 10.2 Å². The first-order valence-electron chi connectivity index (χ1n) is 7.20. The summed E-state index contributed by atoms with van der Waals surface area (Å²) in [4.78, 5) is 26.0. The van der Waals surface area contributed by atoms with E-state index in [2.05, 4.69) is 12.2 Å². The Bertz CT molecular complexity index is 326. The van der Waals surface area contributed by atoms with Gasteiger partial charge in [-0.3, -0.25) is 9.59 Å². The Morgan fingerprint density at radius 2 is 2.11 bits per heavy atom. The van der Waals surface area contributed by atoms with Gasteiger partial charge in [0.2, 0.25) is 11.8 Å². The summed E-state index contributed by atoms with van der Waals surface area (Å²) in [5, 5.41) is 2.88. The monoisotopic (exact) mass is 252 g/mol. The van der Waals surface area contributed by atoms with Crippen LogP contribution in [0.5, 0.6) is 0 Å². The van der Waals surface area contributed by atoms with E-state index in [-0.39, 0.29) is 23.8 Å². The largest absolute Gasteiger partial charge is 0.344 e. The molecule has 1 aliphatic carbocycles. The molecular formula is C14H24N2O2. The summed E-state index contributed by atoms with van der Waals surface area (Å²) in [6, 6.07) is -0.316. The molecule has 0 spiro atoms. The second kappa shape index (κ2) is 5.72. The minimum atomic E-state index is -0.316. The van der Waals surface area contributed by atoms with E-state index in [1.54, 1.807) is 0 Å². The quantitative estimate of drug-likeness (QED) is 0.807. The lowest BCUT2D eigenvalue weighted by atomic mass is 9.98. The maximum absolute atomic E-state index is 12.4. The SMILES string of the molecule is CCC(C)C1NC(=O)CCN(CCC2CC2)C1=O. The van der Waals surface area contributed by atoms with Gasteiger partial charge in [-0.2, -0.15) is 0 Å². The fourth-order valence-corrected chi connectivity index (χ4v) is 2.44. The number of carbonyl (C=O) groups excluding carboxylic acids is 2. The lowest BCUT2D eigenvalue weighted by Crippen LogP contribution is -2.48. The normalized spacial score (nSPS) is 26.8. The van der Waals surface area contributed by atoms with Gasteiger partial charge in [0.25, 0.3) is 0 Å². The van der Waals surface area contributed by atoms with Crippen molar-refractivity contribution in [3.05, 3.63) is 0 Å². The van der Waals surface area contributed by atoms with Crippen LogP contribution in [0.15, 0.2) is 0 Å². The highest BCUT2D eigenvalue weighted by atomic mass is 16.2. The van der Waals surface area contributed by atoms with Crippen LogP contribution in [0.4, 0.5) is 0 Å². The Hall–Kier alpha value is -1.06. The smallest absolute Gasteiger partial charge is 0.245 e. The van der Waals surface area contributed by atoms with Crippen LogP contribution in [0.2, 0.25) is 0 Å². The molecule has 0 aromatic heterocycles. The predicted molar refractivity (Wildman–Crippen MR) is 69.9 cm³/mol. The maximum Gasteiger partial charge on any atom is 0.245 e. The highest BCUT2D eigenvalue weighted by Gasteiger charge is 2.33. The summed E-state index contributed by atoms with van der Waals surface area (Å²) in [7, 11) is 0. The van der Waals surface area contributed by atoms with Crippen molar-refractivity contribution in [3.63, 3.8) is 0 Å². The zero-order valence-electron chi connectivity index (χ0n) is 11.4. The number of hydrogen-bond donors (Lipinski definition) is 1. The van der Waals surface area contributed by atoms with Crippen molar-refractivity contribution in [3.8, 4) is 0 Å². The summed E-state index contributed by atoms with van der Waals surface area (Å²) in [5.41, 5.74) is 0. The van der Waals surface area contributed by atoms with Gasteiger partial charge in [-0.15, -0.1) is 0 Å². The molecule has 2 aliphatic rings. The fourth-order valence-electron chi connectivity index (χ4n) is 2.44. The molecule has 0 radical (unpaired) electrons. The molecule has 1 N–H and O–H groups in total. The van der Waals surface area contributed by atoms with Crippen molar-refractivity contribution >= 4 is 11.8 Å². The van der Waals surface area contributed by atoms with E-state index in [1.807, 2.05) is 11.8 Å². The molecule has 2 fully saturated rings. The van der Waals surface area contributed by atoms with E-state index in [0.29, 0.717) is 13.0 Å². The summed E-state index contributed by atoms with van der Waals surface area (Å²) >= 11 is 0. The van der Waals surface area contributed by atoms with Gasteiger partial charge in [-0.25, -0.2) is 0 Å². The van der Waals surface area contributed by atoms with Gasteiger partial charge in [-0.1, -0.05) is 33.1 Å². The molecule has 1 saturated carbocycles. The zero-order chi connectivity index (χ0) is 13.1. The van der Waals surface area contributed by atoms with E-state index in [9.17, 15) is 9.59 Å². The molecular weight excluding hydrogens is 228 g/mol. The third-order valence-corrected chi connectivity index (χ3v) is 4.22. The second-order valence-corrected chi connectivity index (χ2v) is 5.74. The molecule has 2 unspecified atom stereocenters. The molecule has 4 nitrogen and oxygen atoms in total. The summed E-state index contributed by atoms with van der Waals surface area (Å²) in [5.74, 6) is 1.17. The van der Waals surface area contributed by atoms with Crippen LogP contribution in [0.3, 0.4) is 0 Å². The molecule has 1 heterocycles. The average Bonchev–Trinajstić information content (AvgIpc) is 3.18. The molecule has 4 heteroatoms. The average molecular weight is 252 g/mol. The Morgan fingerprint density at radius 1 is 1.39 bits per heavy atom. The van der Waals surface area contributed by atoms with Gasteiger partial charge in [0, 0.05) is 19.5 Å². The van der Waals surface area contributed by atoms with E-state index in [0.717, 1.165) is 25.3 Å². The van der Waals surface area contributed by atoms with E-state index < -0.39 is 0 Å². The summed E-state index contributed by atoms with van der Waals surface area (Å²) < 4.78 is 0. The minimum absolute atomic E-state index is 0.0163. The standard InChI is InChI=1S/C14H24N2O2/c1-3-10(2)13-14(18)16(8-6-11-4-5-11)9-7-12(17)15-13/h10-11,13H,3-9H2,1-2H3,(H,15,17). The van der Waals surface area contributed by atoms with E-state index in [4.69, 9.17) is 0 Å². The second-order valence-electron chi connectivity index (χ2n) is 5.74. The summed E-state index contributed by atoms with van der Waals surface area (Å²) in [6.07, 6.45) is 5.09. The van der Waals surface area contributed by atoms with Crippen LogP contribution in [-0.2, 0) is 9.59 Å². The molecule has 2 amide bonds. The molecule has 1 aliphatic heterocycles. The summed E-state index contributed by atoms with van der Waals surface area (Å²) in [6.45, 7) is 5.51. The van der Waals surface area contributed by atoms with Crippen molar-refractivity contribution in [2.75, 3.05) is 13.1 Å². The van der Waals surface area contributed by atoms with Crippen molar-refractivity contribution < 1.29 is 9.59 Å². The lowest BCUT2D eigenvalue weighted by Gasteiger charge is -2.27. The van der Waals surface area contributed by atoms with Crippen LogP contribution in [0.25, 0.3) is 0 Å². The Morgan fingerprint density at radius 3 is 2.72 bits per heavy atom. The number of amides is 2. The van der Waals surface area contributed by atoms with Crippen LogP contribution >= 0.6 is 0 Å². The molecule has 2 rings (SSSR count). The topological polar surface area (TPSA) is 49.4 Å². The minimum Gasteiger partial charge on any atom is -0.344 e. The number of nitrogens with one attached hydrogen (secondary N) is 1. The Kier molecular flexibility index (Phi) is 4.25. The highest BCUT2D eigenvalue weighted by molar-refractivity contribution is 5.90. The molecule has 0 aromatic carbocycles. The van der Waals surface area contributed by atoms with Gasteiger partial charge in [0.15, 0.2) is 0 Å². The van der Waals surface area contributed by atoms with E-state index in [1.165, 1.54) is 12.8 Å². The molecule has 0 aromatic rings. The van der Waals surface area contributed by atoms with Crippen LogP contribution in [0, 0.1) is 11.8 Å². The van der Waals surface area contributed by atoms with E-state index >= 15 is 0 Å². The Labute approximate surface area is 109 Å². The third-order valence-electron chi connectivity index (χ3n) is 4.22. The fraction of sp³-hybridized carbons (Fsp3) is 0.857. The van der Waals surface area contributed by atoms with Gasteiger partial charge >= 0.3 is 0 Å². The molecule has 2 atom stereocenters. The molecule has 18 heavy (non-hydrogen) atoms. The van der Waals surface area contributed by atoms with Crippen LogP contribution < -0.4 is 5.32 Å². The zero-order valence-corrected chi connectivity index (χ0v) is 11.4. The number of rotatable bonds is 5. The highest BCUT2D eigenvalue weighted by Crippen LogP contribution is 2.32. The van der Waals surface area contributed by atoms with Crippen molar-refractivity contribution in [2.24, 2.45) is 11.8 Å². The van der Waals surface area contributed by atoms with Crippen molar-refractivity contribution in [2.45, 2.75) is 52.0 Å². The maximum atomic E-state index is 12.4. The third kappa shape index (κ3) is 3.24. The first-order chi connectivity index (χ1) is 8.61. The number of nitrogens with zero attached hydrogens (tertiary/aromatic N) is 1.